The van der Waals surface area contributed by atoms with Gasteiger partial charge >= 0.3 is 0 Å². The molecule has 0 aliphatic heterocycles. The van der Waals surface area contributed by atoms with Gasteiger partial charge in [-0.1, -0.05) is 11.8 Å². The predicted molar refractivity (Wildman–Crippen MR) is 89.9 cm³/mol. The lowest BCUT2D eigenvalue weighted by Gasteiger charge is -2.08. The topological polar surface area (TPSA) is 51.8 Å². The zero-order chi connectivity index (χ0) is 14.1. The van der Waals surface area contributed by atoms with Crippen LogP contribution in [0.15, 0.2) is 61.6 Å². The zero-order valence-electron chi connectivity index (χ0n) is 10.2. The SMILES string of the molecule is Nc1ccc(Sc2ccc(Br)cn2)c2ncc(Br)cc12. The van der Waals surface area contributed by atoms with Gasteiger partial charge in [0.25, 0.3) is 0 Å². The van der Waals surface area contributed by atoms with Crippen LogP contribution in [0.4, 0.5) is 5.69 Å². The lowest BCUT2D eigenvalue weighted by Crippen LogP contribution is -1.91. The van der Waals surface area contributed by atoms with E-state index in [0.29, 0.717) is 0 Å². The van der Waals surface area contributed by atoms with E-state index in [1.54, 1.807) is 24.2 Å². The average Bonchev–Trinajstić information content (AvgIpc) is 2.44. The summed E-state index contributed by atoms with van der Waals surface area (Å²) in [5.74, 6) is 0. The quantitative estimate of drug-likeness (QED) is 0.611. The molecule has 100 valence electrons. The predicted octanol–water partition coefficient (Wildman–Crippen LogP) is 4.89. The fourth-order valence-corrected chi connectivity index (χ4v) is 3.24. The van der Waals surface area contributed by atoms with Gasteiger partial charge < -0.3 is 5.73 Å². The van der Waals surface area contributed by atoms with Crippen molar-refractivity contribution in [2.24, 2.45) is 0 Å². The van der Waals surface area contributed by atoms with Crippen LogP contribution in [-0.4, -0.2) is 9.97 Å². The number of hydrogen-bond acceptors (Lipinski definition) is 4. The molecule has 2 heterocycles. The Balaban J connectivity index is 2.08. The molecular formula is C14H9Br2N3S. The van der Waals surface area contributed by atoms with Crippen LogP contribution in [0.5, 0.6) is 0 Å². The highest BCUT2D eigenvalue weighted by molar-refractivity contribution is 9.10. The maximum Gasteiger partial charge on any atom is 0.101 e. The molecule has 3 rings (SSSR count). The van der Waals surface area contributed by atoms with Crippen molar-refractivity contribution >= 4 is 60.2 Å². The minimum absolute atomic E-state index is 0.724. The van der Waals surface area contributed by atoms with Gasteiger partial charge in [-0.2, -0.15) is 0 Å². The molecule has 3 aromatic rings. The number of benzene rings is 1. The van der Waals surface area contributed by atoms with Crippen LogP contribution in [0.25, 0.3) is 10.9 Å². The minimum Gasteiger partial charge on any atom is -0.398 e. The van der Waals surface area contributed by atoms with E-state index >= 15 is 0 Å². The molecule has 0 bridgehead atoms. The summed E-state index contributed by atoms with van der Waals surface area (Å²) in [6, 6.07) is 9.80. The van der Waals surface area contributed by atoms with E-state index < -0.39 is 0 Å². The smallest absolute Gasteiger partial charge is 0.101 e. The Morgan fingerprint density at radius 2 is 1.75 bits per heavy atom. The molecule has 1 aromatic carbocycles. The molecule has 0 amide bonds. The Labute approximate surface area is 137 Å². The van der Waals surface area contributed by atoms with Crippen molar-refractivity contribution < 1.29 is 0 Å². The number of pyridine rings is 2. The van der Waals surface area contributed by atoms with Gasteiger partial charge in [0.05, 0.1) is 5.52 Å². The van der Waals surface area contributed by atoms with Gasteiger partial charge in [-0.15, -0.1) is 0 Å². The van der Waals surface area contributed by atoms with Gasteiger partial charge in [-0.25, -0.2) is 4.98 Å². The molecule has 0 radical (unpaired) electrons. The molecule has 0 unspecified atom stereocenters. The number of nitrogen functional groups attached to an aromatic ring is 1. The highest BCUT2D eigenvalue weighted by Crippen LogP contribution is 2.35. The van der Waals surface area contributed by atoms with Gasteiger partial charge in [0.2, 0.25) is 0 Å². The number of fused-ring (bicyclic) bond motifs is 1. The van der Waals surface area contributed by atoms with Gasteiger partial charge in [0.1, 0.15) is 5.03 Å². The summed E-state index contributed by atoms with van der Waals surface area (Å²) >= 11 is 8.38. The van der Waals surface area contributed by atoms with Crippen molar-refractivity contribution in [3.8, 4) is 0 Å². The fraction of sp³-hybridized carbons (Fsp3) is 0. The van der Waals surface area contributed by atoms with Crippen molar-refractivity contribution in [1.82, 2.24) is 9.97 Å². The number of aromatic nitrogens is 2. The molecule has 0 aliphatic rings. The van der Waals surface area contributed by atoms with Crippen LogP contribution in [0.1, 0.15) is 0 Å². The summed E-state index contributed by atoms with van der Waals surface area (Å²) in [4.78, 5) is 9.88. The Hall–Kier alpha value is -1.11. The number of rotatable bonds is 2. The van der Waals surface area contributed by atoms with Gasteiger partial charge in [-0.05, 0) is 62.2 Å². The maximum absolute atomic E-state index is 6.02. The van der Waals surface area contributed by atoms with E-state index in [0.717, 1.165) is 35.5 Å². The largest absolute Gasteiger partial charge is 0.398 e. The first kappa shape index (κ1) is 13.9. The van der Waals surface area contributed by atoms with Crippen LogP contribution in [0, 0.1) is 0 Å². The molecule has 3 nitrogen and oxygen atoms in total. The number of anilines is 1. The lowest BCUT2D eigenvalue weighted by molar-refractivity contribution is 1.12. The molecule has 2 aromatic heterocycles. The number of nitrogens with two attached hydrogens (primary N) is 1. The zero-order valence-corrected chi connectivity index (χ0v) is 14.2. The highest BCUT2D eigenvalue weighted by atomic mass is 79.9. The summed E-state index contributed by atoms with van der Waals surface area (Å²) in [7, 11) is 0. The van der Waals surface area contributed by atoms with Gasteiger partial charge in [0.15, 0.2) is 0 Å². The monoisotopic (exact) mass is 409 g/mol. The Bertz CT molecular complexity index is 775. The van der Waals surface area contributed by atoms with E-state index in [-0.39, 0.29) is 0 Å². The number of hydrogen-bond donors (Lipinski definition) is 1. The first-order chi connectivity index (χ1) is 9.63. The standard InChI is InChI=1S/C14H9Br2N3S/c15-8-1-4-13(18-6-8)20-12-3-2-11(17)10-5-9(16)7-19-14(10)12/h1-7H,17H2. The van der Waals surface area contributed by atoms with Crippen molar-refractivity contribution in [3.63, 3.8) is 0 Å². The Kier molecular flexibility index (Phi) is 3.96. The second-order valence-corrected chi connectivity index (χ2v) is 7.01. The molecular weight excluding hydrogens is 402 g/mol. The normalized spacial score (nSPS) is 10.9. The van der Waals surface area contributed by atoms with Gasteiger partial charge in [0, 0.05) is 37.3 Å². The molecule has 2 N–H and O–H groups in total. The first-order valence-corrected chi connectivity index (χ1v) is 8.17. The van der Waals surface area contributed by atoms with Crippen LogP contribution in [-0.2, 0) is 0 Å². The third kappa shape index (κ3) is 2.82. The fourth-order valence-electron chi connectivity index (χ4n) is 1.81. The minimum atomic E-state index is 0.724. The van der Waals surface area contributed by atoms with E-state index in [2.05, 4.69) is 41.8 Å². The van der Waals surface area contributed by atoms with Gasteiger partial charge in [-0.3, -0.25) is 4.98 Å². The average molecular weight is 411 g/mol. The highest BCUT2D eigenvalue weighted by Gasteiger charge is 2.08. The van der Waals surface area contributed by atoms with E-state index in [4.69, 9.17) is 5.73 Å². The van der Waals surface area contributed by atoms with Crippen molar-refractivity contribution in [1.29, 1.82) is 0 Å². The molecule has 0 aliphatic carbocycles. The second-order valence-electron chi connectivity index (χ2n) is 4.12. The molecule has 0 spiro atoms. The summed E-state index contributed by atoms with van der Waals surface area (Å²) in [5.41, 5.74) is 7.63. The summed E-state index contributed by atoms with van der Waals surface area (Å²) in [6.45, 7) is 0. The Morgan fingerprint density at radius 3 is 2.50 bits per heavy atom. The lowest BCUT2D eigenvalue weighted by atomic mass is 10.2. The first-order valence-electron chi connectivity index (χ1n) is 5.76. The molecule has 0 saturated carbocycles. The second kappa shape index (κ2) is 5.71. The summed E-state index contributed by atoms with van der Waals surface area (Å²) in [6.07, 6.45) is 3.56. The van der Waals surface area contributed by atoms with Crippen LogP contribution >= 0.6 is 43.6 Å². The van der Waals surface area contributed by atoms with E-state index in [1.165, 1.54) is 0 Å². The molecule has 6 heteroatoms. The van der Waals surface area contributed by atoms with Crippen molar-refractivity contribution in [3.05, 3.63) is 51.7 Å². The molecule has 20 heavy (non-hydrogen) atoms. The summed E-state index contributed by atoms with van der Waals surface area (Å²) in [5, 5.41) is 1.87. The molecule has 0 fully saturated rings. The summed E-state index contributed by atoms with van der Waals surface area (Å²) < 4.78 is 1.88. The van der Waals surface area contributed by atoms with E-state index in [9.17, 15) is 0 Å². The third-order valence-corrected chi connectivity index (χ3v) is 4.63. The van der Waals surface area contributed by atoms with Crippen LogP contribution < -0.4 is 5.73 Å². The Morgan fingerprint density at radius 1 is 0.950 bits per heavy atom. The van der Waals surface area contributed by atoms with Crippen LogP contribution in [0.2, 0.25) is 0 Å². The van der Waals surface area contributed by atoms with Crippen molar-refractivity contribution in [2.45, 2.75) is 9.92 Å². The number of halogens is 2. The van der Waals surface area contributed by atoms with Crippen molar-refractivity contribution in [2.75, 3.05) is 5.73 Å². The van der Waals surface area contributed by atoms with E-state index in [1.807, 2.05) is 30.3 Å². The number of nitrogens with zero attached hydrogens (tertiary/aromatic N) is 2. The molecule has 0 atom stereocenters. The van der Waals surface area contributed by atoms with Crippen LogP contribution in [0.3, 0.4) is 0 Å². The third-order valence-electron chi connectivity index (χ3n) is 2.73. The molecule has 0 saturated heterocycles. The maximum atomic E-state index is 6.02.